The van der Waals surface area contributed by atoms with Gasteiger partial charge in [-0.1, -0.05) is 62.4 Å². The van der Waals surface area contributed by atoms with Crippen LogP contribution < -0.4 is 9.64 Å². The molecule has 1 fully saturated rings. The summed E-state index contributed by atoms with van der Waals surface area (Å²) in [6.45, 7) is 5.55. The van der Waals surface area contributed by atoms with Gasteiger partial charge in [0.05, 0.1) is 17.5 Å². The molecule has 0 spiro atoms. The number of esters is 1. The van der Waals surface area contributed by atoms with Crippen LogP contribution in [0, 0.1) is 11.8 Å². The van der Waals surface area contributed by atoms with E-state index in [1.165, 1.54) is 11.8 Å². The molecule has 3 aliphatic carbocycles. The fraction of sp³-hybridized carbons (Fsp3) is 0.250. The van der Waals surface area contributed by atoms with Gasteiger partial charge in [-0.25, -0.2) is 4.90 Å². The summed E-state index contributed by atoms with van der Waals surface area (Å²) < 4.78 is 5.11. The normalized spacial score (nSPS) is 28.9. The summed E-state index contributed by atoms with van der Waals surface area (Å²) in [4.78, 5) is 40.6. The number of carbonyl (C=O) groups excluding carboxylic acids is 3. The molecule has 3 aromatic rings. The Kier molecular flexibility index (Phi) is 3.87. The molecule has 2 bridgehead atoms. The maximum atomic E-state index is 14.0. The van der Waals surface area contributed by atoms with Crippen molar-refractivity contribution in [2.24, 2.45) is 11.8 Å². The van der Waals surface area contributed by atoms with E-state index in [9.17, 15) is 14.4 Å². The van der Waals surface area contributed by atoms with Gasteiger partial charge >= 0.3 is 5.97 Å². The summed E-state index contributed by atoms with van der Waals surface area (Å²) in [5.74, 6) is -1.39. The maximum absolute atomic E-state index is 14.0. The van der Waals surface area contributed by atoms with Crippen molar-refractivity contribution in [1.82, 2.24) is 0 Å². The molecule has 164 valence electrons. The minimum Gasteiger partial charge on any atom is -0.427 e. The Hall–Kier alpha value is -3.73. The first-order chi connectivity index (χ1) is 15.8. The van der Waals surface area contributed by atoms with E-state index < -0.39 is 28.6 Å². The van der Waals surface area contributed by atoms with Crippen molar-refractivity contribution in [3.63, 3.8) is 0 Å². The van der Waals surface area contributed by atoms with Crippen LogP contribution in [0.3, 0.4) is 0 Å². The molecule has 0 radical (unpaired) electrons. The van der Waals surface area contributed by atoms with E-state index in [4.69, 9.17) is 4.74 Å². The van der Waals surface area contributed by atoms with Crippen molar-refractivity contribution in [3.05, 3.63) is 95.1 Å². The van der Waals surface area contributed by atoms with E-state index in [1.54, 1.807) is 24.3 Å². The number of hydrogen-bond acceptors (Lipinski definition) is 4. The number of ether oxygens (including phenoxy) is 1. The van der Waals surface area contributed by atoms with Crippen LogP contribution in [0.15, 0.2) is 72.8 Å². The molecule has 4 aliphatic rings. The first kappa shape index (κ1) is 19.9. The highest BCUT2D eigenvalue weighted by atomic mass is 16.5. The summed E-state index contributed by atoms with van der Waals surface area (Å²) in [6, 6.07) is 23.0. The second-order valence-corrected chi connectivity index (χ2v) is 9.55. The molecule has 0 aromatic heterocycles. The Bertz CT molecular complexity index is 1230. The van der Waals surface area contributed by atoms with E-state index in [-0.39, 0.29) is 11.8 Å². The number of nitrogens with zero attached hydrogens (tertiary/aromatic N) is 1. The molecule has 33 heavy (non-hydrogen) atoms. The van der Waals surface area contributed by atoms with E-state index in [2.05, 4.69) is 38.1 Å². The van der Waals surface area contributed by atoms with Crippen LogP contribution >= 0.6 is 0 Å². The highest BCUT2D eigenvalue weighted by Crippen LogP contribution is 2.66. The van der Waals surface area contributed by atoms with Crippen LogP contribution in [0.1, 0.15) is 43.0 Å². The average Bonchev–Trinajstić information content (AvgIpc) is 3.09. The van der Waals surface area contributed by atoms with Crippen LogP contribution in [0.5, 0.6) is 5.75 Å². The van der Waals surface area contributed by atoms with Gasteiger partial charge in [0.2, 0.25) is 11.8 Å². The summed E-state index contributed by atoms with van der Waals surface area (Å²) in [5.41, 5.74) is 3.79. The molecule has 2 amide bonds. The number of amides is 2. The van der Waals surface area contributed by atoms with Crippen molar-refractivity contribution < 1.29 is 19.1 Å². The second kappa shape index (κ2) is 6.41. The third-order valence-electron chi connectivity index (χ3n) is 8.00. The highest BCUT2D eigenvalue weighted by Gasteiger charge is 2.70. The van der Waals surface area contributed by atoms with E-state index >= 15 is 0 Å². The molecule has 7 rings (SSSR count). The van der Waals surface area contributed by atoms with Gasteiger partial charge in [0.25, 0.3) is 0 Å². The lowest BCUT2D eigenvalue weighted by Crippen LogP contribution is -2.59. The summed E-state index contributed by atoms with van der Waals surface area (Å²) >= 11 is 0. The van der Waals surface area contributed by atoms with Gasteiger partial charge in [0.15, 0.2) is 0 Å². The first-order valence-corrected chi connectivity index (χ1v) is 11.2. The Balaban J connectivity index is 1.54. The van der Waals surface area contributed by atoms with Crippen LogP contribution in [-0.4, -0.2) is 17.8 Å². The van der Waals surface area contributed by atoms with Gasteiger partial charge in [-0.3, -0.25) is 14.4 Å². The monoisotopic (exact) mass is 437 g/mol. The minimum absolute atomic E-state index is 0.178. The molecule has 1 saturated heterocycles. The predicted octanol–water partition coefficient (Wildman–Crippen LogP) is 4.36. The summed E-state index contributed by atoms with van der Waals surface area (Å²) in [6.07, 6.45) is 0. The van der Waals surface area contributed by atoms with E-state index in [1.807, 2.05) is 24.3 Å². The molecule has 1 heterocycles. The van der Waals surface area contributed by atoms with Gasteiger partial charge in [-0.05, 0) is 46.5 Å². The number of rotatable bonds is 2. The lowest BCUT2D eigenvalue weighted by atomic mass is 9.42. The van der Waals surface area contributed by atoms with Crippen molar-refractivity contribution in [2.75, 3.05) is 4.90 Å². The Labute approximate surface area is 192 Å². The fourth-order valence-corrected chi connectivity index (χ4v) is 6.65. The van der Waals surface area contributed by atoms with E-state index in [0.29, 0.717) is 11.4 Å². The average molecular weight is 437 g/mol. The van der Waals surface area contributed by atoms with Crippen LogP contribution in [0.4, 0.5) is 5.69 Å². The number of benzene rings is 3. The van der Waals surface area contributed by atoms with Gasteiger partial charge in [-0.2, -0.15) is 0 Å². The van der Waals surface area contributed by atoms with Crippen LogP contribution in [-0.2, 0) is 25.2 Å². The lowest BCUT2D eigenvalue weighted by Gasteiger charge is -2.57. The SMILES string of the molecule is CC(=O)Oc1ccc(N2C(=O)[C@@H]3[C@H](C2=O)C2(C)c4ccccc4C3(C)c3ccccc32)cc1. The van der Waals surface area contributed by atoms with Crippen molar-refractivity contribution >= 4 is 23.5 Å². The molecule has 0 saturated carbocycles. The van der Waals surface area contributed by atoms with Crippen molar-refractivity contribution in [1.29, 1.82) is 0 Å². The lowest BCUT2D eigenvalue weighted by molar-refractivity contribution is -0.132. The third kappa shape index (κ3) is 2.29. The van der Waals surface area contributed by atoms with Crippen molar-refractivity contribution in [2.45, 2.75) is 31.6 Å². The molecule has 5 nitrogen and oxygen atoms in total. The molecular formula is C28H23NO4. The van der Waals surface area contributed by atoms with Gasteiger partial charge < -0.3 is 4.74 Å². The van der Waals surface area contributed by atoms with Gasteiger partial charge in [-0.15, -0.1) is 0 Å². The smallest absolute Gasteiger partial charge is 0.308 e. The Morgan fingerprint density at radius 3 is 1.48 bits per heavy atom. The first-order valence-electron chi connectivity index (χ1n) is 11.2. The molecule has 0 unspecified atom stereocenters. The number of imide groups is 1. The van der Waals surface area contributed by atoms with Gasteiger partial charge in [0, 0.05) is 17.8 Å². The van der Waals surface area contributed by atoms with Gasteiger partial charge in [0.1, 0.15) is 5.75 Å². The molecule has 3 aromatic carbocycles. The number of carbonyl (C=O) groups is 3. The Morgan fingerprint density at radius 2 is 1.12 bits per heavy atom. The summed E-state index contributed by atoms with van der Waals surface area (Å²) in [7, 11) is 0. The van der Waals surface area contributed by atoms with Crippen LogP contribution in [0.25, 0.3) is 0 Å². The standard InChI is InChI=1S/C28H23NO4/c1-16(30)33-18-14-12-17(13-15-18)29-25(31)23-24(26(29)32)28(3)21-10-6-4-8-19(21)27(23,2)20-9-5-7-11-22(20)28/h4-15,23-24H,1-3H3/t23-,24+,27?,28?. The third-order valence-corrected chi connectivity index (χ3v) is 8.00. The number of hydrogen-bond donors (Lipinski definition) is 0. The van der Waals surface area contributed by atoms with Crippen LogP contribution in [0.2, 0.25) is 0 Å². The highest BCUT2D eigenvalue weighted by molar-refractivity contribution is 6.24. The molecule has 2 atom stereocenters. The molecular weight excluding hydrogens is 414 g/mol. The zero-order valence-corrected chi connectivity index (χ0v) is 18.7. The van der Waals surface area contributed by atoms with Crippen molar-refractivity contribution in [3.8, 4) is 5.75 Å². The molecule has 0 N–H and O–H groups in total. The zero-order chi connectivity index (χ0) is 23.1. The number of anilines is 1. The maximum Gasteiger partial charge on any atom is 0.308 e. The minimum atomic E-state index is -0.602. The quantitative estimate of drug-likeness (QED) is 0.340. The Morgan fingerprint density at radius 1 is 0.727 bits per heavy atom. The largest absolute Gasteiger partial charge is 0.427 e. The predicted molar refractivity (Wildman–Crippen MR) is 123 cm³/mol. The molecule has 5 heteroatoms. The fourth-order valence-electron chi connectivity index (χ4n) is 6.65. The second-order valence-electron chi connectivity index (χ2n) is 9.55. The zero-order valence-electron chi connectivity index (χ0n) is 18.7. The van der Waals surface area contributed by atoms with E-state index in [0.717, 1.165) is 22.3 Å². The molecule has 1 aliphatic heterocycles. The topological polar surface area (TPSA) is 63.7 Å². The summed E-state index contributed by atoms with van der Waals surface area (Å²) in [5, 5.41) is 0.